The van der Waals surface area contributed by atoms with E-state index in [2.05, 4.69) is 62.9 Å². The summed E-state index contributed by atoms with van der Waals surface area (Å²) in [6.45, 7) is 10.9. The third-order valence-electron chi connectivity index (χ3n) is 3.65. The van der Waals surface area contributed by atoms with E-state index >= 15 is 0 Å². The summed E-state index contributed by atoms with van der Waals surface area (Å²) in [6, 6.07) is 10.6. The number of likely N-dealkylation sites (tertiary alicyclic amines) is 1. The van der Waals surface area contributed by atoms with Gasteiger partial charge in [-0.05, 0) is 24.5 Å². The molecule has 98 valence electrons. The van der Waals surface area contributed by atoms with E-state index in [1.165, 1.54) is 36.0 Å². The molecule has 1 fully saturated rings. The summed E-state index contributed by atoms with van der Waals surface area (Å²) in [6.07, 6.45) is 7.36. The Balaban J connectivity index is 1.96. The molecule has 0 spiro atoms. The molecule has 0 unspecified atom stereocenters. The van der Waals surface area contributed by atoms with Gasteiger partial charge >= 0.3 is 0 Å². The van der Waals surface area contributed by atoms with Crippen LogP contribution in [0.4, 0.5) is 0 Å². The highest BCUT2D eigenvalue weighted by Gasteiger charge is 2.23. The molecule has 1 aromatic carbocycles. The van der Waals surface area contributed by atoms with Crippen molar-refractivity contribution in [3.8, 4) is 0 Å². The fourth-order valence-electron chi connectivity index (χ4n) is 2.95. The van der Waals surface area contributed by atoms with Crippen LogP contribution in [-0.2, 0) is 0 Å². The zero-order valence-electron chi connectivity index (χ0n) is 11.7. The van der Waals surface area contributed by atoms with Gasteiger partial charge in [-0.25, -0.2) is 0 Å². The van der Waals surface area contributed by atoms with Crippen molar-refractivity contribution >= 4 is 6.08 Å². The molecule has 0 aromatic heterocycles. The smallest absolute Gasteiger partial charge is 0.0737 e. The van der Waals surface area contributed by atoms with Gasteiger partial charge in [-0.2, -0.15) is 0 Å². The molecule has 1 nitrogen and oxygen atoms in total. The first-order chi connectivity index (χ1) is 8.70. The minimum absolute atomic E-state index is 0.674. The van der Waals surface area contributed by atoms with E-state index in [0.717, 1.165) is 6.54 Å². The van der Waals surface area contributed by atoms with Gasteiger partial charge in [0.1, 0.15) is 0 Å². The van der Waals surface area contributed by atoms with Crippen LogP contribution in [0.5, 0.6) is 0 Å². The maximum Gasteiger partial charge on any atom is 0.0737 e. The second-order valence-electron chi connectivity index (χ2n) is 5.76. The predicted octanol–water partition coefficient (Wildman–Crippen LogP) is 4.13. The Morgan fingerprint density at radius 1 is 1.17 bits per heavy atom. The third kappa shape index (κ3) is 3.71. The van der Waals surface area contributed by atoms with E-state index in [1.54, 1.807) is 0 Å². The van der Waals surface area contributed by atoms with Gasteiger partial charge in [-0.15, -0.1) is 12.5 Å². The van der Waals surface area contributed by atoms with Crippen molar-refractivity contribution in [2.75, 3.05) is 19.6 Å². The zero-order chi connectivity index (χ0) is 12.8. The zero-order valence-corrected chi connectivity index (χ0v) is 11.7. The highest BCUT2D eigenvalue weighted by atomic mass is 15.4. The van der Waals surface area contributed by atoms with Gasteiger partial charge in [-0.3, -0.25) is 0 Å². The van der Waals surface area contributed by atoms with Crippen molar-refractivity contribution in [1.82, 2.24) is 0 Å². The van der Waals surface area contributed by atoms with Gasteiger partial charge in [-0.1, -0.05) is 50.3 Å². The molecule has 0 saturated carbocycles. The lowest BCUT2D eigenvalue weighted by molar-refractivity contribution is -0.885. The minimum Gasteiger partial charge on any atom is -0.451 e. The van der Waals surface area contributed by atoms with Crippen LogP contribution in [0.15, 0.2) is 36.4 Å². The number of benzene rings is 1. The van der Waals surface area contributed by atoms with Gasteiger partial charge < -0.3 is 4.48 Å². The van der Waals surface area contributed by atoms with E-state index < -0.39 is 0 Å². The fraction of sp³-hybridized carbons (Fsp3) is 0.471. The molecule has 2 rings (SSSR count). The molecule has 0 bridgehead atoms. The SMILES string of the molecule is CC(C)[CH-][N+]1(C/C=C\c2ccccc2)CCCC1. The molecule has 1 aliphatic heterocycles. The lowest BCUT2D eigenvalue weighted by Crippen LogP contribution is -2.44. The monoisotopic (exact) mass is 243 g/mol. The van der Waals surface area contributed by atoms with Gasteiger partial charge in [0.15, 0.2) is 0 Å². The molecular formula is C17H25N. The number of rotatable bonds is 5. The van der Waals surface area contributed by atoms with Gasteiger partial charge in [0.25, 0.3) is 0 Å². The topological polar surface area (TPSA) is 0 Å². The van der Waals surface area contributed by atoms with Gasteiger partial charge in [0.05, 0.1) is 19.6 Å². The van der Waals surface area contributed by atoms with Crippen LogP contribution < -0.4 is 0 Å². The van der Waals surface area contributed by atoms with E-state index in [9.17, 15) is 0 Å². The van der Waals surface area contributed by atoms with Crippen molar-refractivity contribution in [3.05, 3.63) is 48.5 Å². The largest absolute Gasteiger partial charge is 0.451 e. The van der Waals surface area contributed by atoms with Crippen LogP contribution in [0.1, 0.15) is 32.3 Å². The summed E-state index contributed by atoms with van der Waals surface area (Å²) >= 11 is 0. The molecule has 18 heavy (non-hydrogen) atoms. The second kappa shape index (κ2) is 6.19. The Labute approximate surface area is 112 Å². The van der Waals surface area contributed by atoms with E-state index in [0.29, 0.717) is 5.92 Å². The van der Waals surface area contributed by atoms with E-state index in [-0.39, 0.29) is 0 Å². The van der Waals surface area contributed by atoms with Crippen LogP contribution in [-0.4, -0.2) is 24.1 Å². The van der Waals surface area contributed by atoms with Crippen molar-refractivity contribution < 1.29 is 4.48 Å². The van der Waals surface area contributed by atoms with E-state index in [4.69, 9.17) is 0 Å². The molecule has 0 atom stereocenters. The number of quaternary nitrogens is 1. The molecule has 0 N–H and O–H groups in total. The first-order valence-corrected chi connectivity index (χ1v) is 7.14. The van der Waals surface area contributed by atoms with Crippen molar-refractivity contribution in [2.24, 2.45) is 5.92 Å². The van der Waals surface area contributed by atoms with Crippen LogP contribution in [0, 0.1) is 12.5 Å². The van der Waals surface area contributed by atoms with Crippen LogP contribution in [0.3, 0.4) is 0 Å². The number of nitrogens with zero attached hydrogens (tertiary/aromatic N) is 1. The van der Waals surface area contributed by atoms with Crippen molar-refractivity contribution in [1.29, 1.82) is 0 Å². The molecule has 0 aliphatic carbocycles. The summed E-state index contributed by atoms with van der Waals surface area (Å²) < 4.78 is 1.18. The molecular weight excluding hydrogens is 218 g/mol. The molecule has 1 heteroatoms. The fourth-order valence-corrected chi connectivity index (χ4v) is 2.95. The van der Waals surface area contributed by atoms with Gasteiger partial charge in [0.2, 0.25) is 0 Å². The summed E-state index contributed by atoms with van der Waals surface area (Å²) in [5.41, 5.74) is 1.30. The maximum absolute atomic E-state index is 2.53. The molecule has 0 amide bonds. The average molecular weight is 243 g/mol. The summed E-state index contributed by atoms with van der Waals surface area (Å²) in [4.78, 5) is 0. The average Bonchev–Trinajstić information content (AvgIpc) is 2.78. The lowest BCUT2D eigenvalue weighted by atomic mass is 10.1. The lowest BCUT2D eigenvalue weighted by Gasteiger charge is -2.45. The first-order valence-electron chi connectivity index (χ1n) is 7.14. The number of hydrogen-bond donors (Lipinski definition) is 0. The maximum atomic E-state index is 2.53. The van der Waals surface area contributed by atoms with E-state index in [1.807, 2.05) is 0 Å². The number of hydrogen-bond acceptors (Lipinski definition) is 0. The molecule has 1 aromatic rings. The standard InChI is InChI=1S/C17H25N/c1-16(2)15-18(12-6-7-13-18)14-8-11-17-9-4-3-5-10-17/h3-5,8-11,15-16H,6-7,12-14H2,1-2H3/b11-8-. The van der Waals surface area contributed by atoms with Crippen LogP contribution in [0.2, 0.25) is 0 Å². The Hall–Kier alpha value is -1.08. The highest BCUT2D eigenvalue weighted by molar-refractivity contribution is 5.48. The summed E-state index contributed by atoms with van der Waals surface area (Å²) in [5.74, 6) is 0.674. The molecule has 1 saturated heterocycles. The van der Waals surface area contributed by atoms with Crippen molar-refractivity contribution in [2.45, 2.75) is 26.7 Å². The molecule has 0 radical (unpaired) electrons. The quantitative estimate of drug-likeness (QED) is 0.539. The predicted molar refractivity (Wildman–Crippen MR) is 78.7 cm³/mol. The molecule has 1 heterocycles. The van der Waals surface area contributed by atoms with Gasteiger partial charge in [0, 0.05) is 0 Å². The molecule has 1 aliphatic rings. The summed E-state index contributed by atoms with van der Waals surface area (Å²) in [5, 5.41) is 0. The minimum atomic E-state index is 0.674. The van der Waals surface area contributed by atoms with Crippen LogP contribution in [0.25, 0.3) is 6.08 Å². The normalized spacial score (nSPS) is 18.8. The van der Waals surface area contributed by atoms with Crippen molar-refractivity contribution in [3.63, 3.8) is 0 Å². The highest BCUT2D eigenvalue weighted by Crippen LogP contribution is 2.25. The second-order valence-corrected chi connectivity index (χ2v) is 5.76. The Morgan fingerprint density at radius 3 is 2.44 bits per heavy atom. The third-order valence-corrected chi connectivity index (χ3v) is 3.65. The Bertz CT molecular complexity index is 372. The Morgan fingerprint density at radius 2 is 1.83 bits per heavy atom. The van der Waals surface area contributed by atoms with Crippen LogP contribution >= 0.6 is 0 Å². The first kappa shape index (κ1) is 13.4. The Kier molecular flexibility index (Phi) is 4.60. The summed E-state index contributed by atoms with van der Waals surface area (Å²) in [7, 11) is 0.